The lowest BCUT2D eigenvalue weighted by atomic mass is 9.83. The number of hydrogen-bond donors (Lipinski definition) is 1. The normalized spacial score (nSPS) is 15.2. The van der Waals surface area contributed by atoms with Gasteiger partial charge in [-0.15, -0.1) is 6.58 Å². The van der Waals surface area contributed by atoms with Crippen LogP contribution in [0.25, 0.3) is 0 Å². The Hall–Kier alpha value is -3.84. The first-order valence-electron chi connectivity index (χ1n) is 11.9. The van der Waals surface area contributed by atoms with Gasteiger partial charge in [0.15, 0.2) is 0 Å². The van der Waals surface area contributed by atoms with Crippen LogP contribution in [0, 0.1) is 0 Å². The lowest BCUT2D eigenvalue weighted by Gasteiger charge is -2.47. The summed E-state index contributed by atoms with van der Waals surface area (Å²) in [6.07, 6.45) is 9.34. The van der Waals surface area contributed by atoms with Crippen LogP contribution in [0.2, 0.25) is 0 Å². The first-order valence-corrected chi connectivity index (χ1v) is 11.9. The van der Waals surface area contributed by atoms with Gasteiger partial charge in [-0.1, -0.05) is 36.4 Å². The van der Waals surface area contributed by atoms with E-state index >= 15 is 0 Å². The number of nitrogens with one attached hydrogen (secondary N) is 1. The molecule has 35 heavy (non-hydrogen) atoms. The molecule has 0 radical (unpaired) electrons. The monoisotopic (exact) mass is 469 g/mol. The maximum atomic E-state index is 13.9. The van der Waals surface area contributed by atoms with Crippen molar-refractivity contribution in [2.45, 2.75) is 31.5 Å². The minimum atomic E-state index is -0.986. The zero-order chi connectivity index (χ0) is 24.5. The second-order valence-electron chi connectivity index (χ2n) is 8.77. The fraction of sp³-hybridized carbons (Fsp3) is 0.286. The molecule has 0 unspecified atom stereocenters. The summed E-state index contributed by atoms with van der Waals surface area (Å²) in [4.78, 5) is 39.8. The van der Waals surface area contributed by atoms with Gasteiger partial charge in [0.25, 0.3) is 5.91 Å². The van der Waals surface area contributed by atoms with Crippen molar-refractivity contribution in [2.75, 3.05) is 19.6 Å². The van der Waals surface area contributed by atoms with Crippen molar-refractivity contribution < 1.29 is 9.59 Å². The van der Waals surface area contributed by atoms with Crippen molar-refractivity contribution in [3.05, 3.63) is 109 Å². The highest BCUT2D eigenvalue weighted by atomic mass is 16.2. The lowest BCUT2D eigenvalue weighted by Crippen LogP contribution is -2.64. The average Bonchev–Trinajstić information content (AvgIpc) is 2.92. The van der Waals surface area contributed by atoms with E-state index in [2.05, 4.69) is 38.9 Å². The molecular formula is C28H31N5O2. The molecule has 0 bridgehead atoms. The van der Waals surface area contributed by atoms with Crippen LogP contribution < -0.4 is 5.32 Å². The number of likely N-dealkylation sites (tertiary alicyclic amines) is 1. The second kappa shape index (κ2) is 11.5. The molecule has 1 aromatic carbocycles. The molecule has 4 rings (SSSR count). The van der Waals surface area contributed by atoms with Gasteiger partial charge in [-0.25, -0.2) is 0 Å². The van der Waals surface area contributed by atoms with Gasteiger partial charge in [0, 0.05) is 63.1 Å². The van der Waals surface area contributed by atoms with E-state index in [-0.39, 0.29) is 11.8 Å². The zero-order valence-electron chi connectivity index (χ0n) is 19.8. The van der Waals surface area contributed by atoms with Crippen molar-refractivity contribution in [1.82, 2.24) is 25.1 Å². The Morgan fingerprint density at radius 3 is 2.20 bits per heavy atom. The number of carbonyl (C=O) groups is 2. The molecule has 0 spiro atoms. The van der Waals surface area contributed by atoms with Crippen LogP contribution in [-0.4, -0.2) is 56.8 Å². The van der Waals surface area contributed by atoms with Crippen LogP contribution in [-0.2, 0) is 17.9 Å². The van der Waals surface area contributed by atoms with Gasteiger partial charge in [-0.05, 0) is 48.2 Å². The number of nitrogens with zero attached hydrogens (tertiary/aromatic N) is 4. The van der Waals surface area contributed by atoms with E-state index in [0.29, 0.717) is 44.6 Å². The smallest absolute Gasteiger partial charge is 0.255 e. The molecule has 180 valence electrons. The molecular weight excluding hydrogens is 438 g/mol. The minimum absolute atomic E-state index is 0.145. The van der Waals surface area contributed by atoms with E-state index < -0.39 is 5.54 Å². The fourth-order valence-electron chi connectivity index (χ4n) is 4.61. The third-order valence-corrected chi connectivity index (χ3v) is 6.54. The highest BCUT2D eigenvalue weighted by Gasteiger charge is 2.48. The third kappa shape index (κ3) is 5.81. The van der Waals surface area contributed by atoms with Gasteiger partial charge in [0.2, 0.25) is 5.91 Å². The van der Waals surface area contributed by atoms with Crippen molar-refractivity contribution >= 4 is 11.8 Å². The topological polar surface area (TPSA) is 78.4 Å². The Labute approximate surface area is 206 Å². The maximum Gasteiger partial charge on any atom is 0.255 e. The summed E-state index contributed by atoms with van der Waals surface area (Å²) < 4.78 is 0. The van der Waals surface area contributed by atoms with E-state index in [1.807, 2.05) is 30.3 Å². The Balaban J connectivity index is 1.66. The number of pyridine rings is 2. The summed E-state index contributed by atoms with van der Waals surface area (Å²) in [6.45, 7) is 6.61. The van der Waals surface area contributed by atoms with E-state index in [0.717, 1.165) is 12.1 Å². The highest BCUT2D eigenvalue weighted by molar-refractivity contribution is 5.99. The summed E-state index contributed by atoms with van der Waals surface area (Å²) >= 11 is 0. The van der Waals surface area contributed by atoms with Crippen LogP contribution in [0.15, 0.2) is 92.0 Å². The van der Waals surface area contributed by atoms with E-state index in [4.69, 9.17) is 0 Å². The SMILES string of the molecule is C=CCNC(=O)C1(N(Cc2ccncc2)C(=O)c2ccncc2)CCN(Cc2ccccc2)CC1. The van der Waals surface area contributed by atoms with Gasteiger partial charge in [0.1, 0.15) is 5.54 Å². The van der Waals surface area contributed by atoms with Crippen molar-refractivity contribution in [2.24, 2.45) is 0 Å². The van der Waals surface area contributed by atoms with Crippen LogP contribution in [0.1, 0.15) is 34.3 Å². The van der Waals surface area contributed by atoms with Crippen LogP contribution >= 0.6 is 0 Å². The predicted octanol–water partition coefficient (Wildman–Crippen LogP) is 3.46. The summed E-state index contributed by atoms with van der Waals surface area (Å²) in [6, 6.07) is 17.5. The van der Waals surface area contributed by atoms with Crippen LogP contribution in [0.3, 0.4) is 0 Å². The standard InChI is InChI=1S/C28H31N5O2/c1-2-14-31-27(35)28(12-19-32(20-13-28)21-23-6-4-3-5-7-23)33(22-24-8-15-29-16-9-24)26(34)25-10-17-30-18-11-25/h2-11,15-18H,1,12-14,19-22H2,(H,31,35). The number of piperidine rings is 1. The Morgan fingerprint density at radius 2 is 1.57 bits per heavy atom. The summed E-state index contributed by atoms with van der Waals surface area (Å²) in [5.41, 5.74) is 1.68. The molecule has 1 saturated heterocycles. The Bertz CT molecular complexity index is 1110. The molecule has 7 nitrogen and oxygen atoms in total. The molecule has 1 aliphatic rings. The second-order valence-corrected chi connectivity index (χ2v) is 8.77. The largest absolute Gasteiger partial charge is 0.351 e. The highest BCUT2D eigenvalue weighted by Crippen LogP contribution is 2.33. The molecule has 7 heteroatoms. The number of hydrogen-bond acceptors (Lipinski definition) is 5. The van der Waals surface area contributed by atoms with Crippen molar-refractivity contribution in [3.63, 3.8) is 0 Å². The van der Waals surface area contributed by atoms with Crippen LogP contribution in [0.5, 0.6) is 0 Å². The van der Waals surface area contributed by atoms with Gasteiger partial charge in [0.05, 0.1) is 0 Å². The maximum absolute atomic E-state index is 13.9. The molecule has 0 atom stereocenters. The zero-order valence-corrected chi connectivity index (χ0v) is 19.8. The molecule has 2 amide bonds. The van der Waals surface area contributed by atoms with Gasteiger partial charge in [-0.2, -0.15) is 0 Å². The Kier molecular flexibility index (Phi) is 8.00. The van der Waals surface area contributed by atoms with Crippen molar-refractivity contribution in [1.29, 1.82) is 0 Å². The van der Waals surface area contributed by atoms with Gasteiger partial charge < -0.3 is 10.2 Å². The predicted molar refractivity (Wildman–Crippen MR) is 135 cm³/mol. The first kappa shape index (κ1) is 24.3. The number of aromatic nitrogens is 2. The molecule has 3 heterocycles. The van der Waals surface area contributed by atoms with E-state index in [9.17, 15) is 9.59 Å². The summed E-state index contributed by atoms with van der Waals surface area (Å²) in [5.74, 6) is -0.331. The van der Waals surface area contributed by atoms with E-state index in [1.165, 1.54) is 5.56 Å². The molecule has 1 aliphatic heterocycles. The van der Waals surface area contributed by atoms with Crippen LogP contribution in [0.4, 0.5) is 0 Å². The number of carbonyl (C=O) groups excluding carboxylic acids is 2. The number of rotatable bonds is 9. The molecule has 0 saturated carbocycles. The summed E-state index contributed by atoms with van der Waals surface area (Å²) in [7, 11) is 0. The number of amides is 2. The van der Waals surface area contributed by atoms with E-state index in [1.54, 1.807) is 47.9 Å². The fourth-order valence-corrected chi connectivity index (χ4v) is 4.61. The lowest BCUT2D eigenvalue weighted by molar-refractivity contribution is -0.135. The number of benzene rings is 1. The van der Waals surface area contributed by atoms with Gasteiger partial charge >= 0.3 is 0 Å². The average molecular weight is 470 g/mol. The first-order chi connectivity index (χ1) is 17.1. The van der Waals surface area contributed by atoms with Gasteiger partial charge in [-0.3, -0.25) is 24.5 Å². The minimum Gasteiger partial charge on any atom is -0.351 e. The molecule has 1 N–H and O–H groups in total. The summed E-state index contributed by atoms with van der Waals surface area (Å²) in [5, 5.41) is 2.99. The molecule has 0 aliphatic carbocycles. The Morgan fingerprint density at radius 1 is 0.943 bits per heavy atom. The molecule has 3 aromatic rings. The molecule has 2 aromatic heterocycles. The molecule has 1 fully saturated rings. The quantitative estimate of drug-likeness (QED) is 0.486. The van der Waals surface area contributed by atoms with Crippen molar-refractivity contribution in [3.8, 4) is 0 Å². The third-order valence-electron chi connectivity index (χ3n) is 6.54.